The Morgan fingerprint density at radius 1 is 1.33 bits per heavy atom. The molecule has 0 aliphatic heterocycles. The van der Waals surface area contributed by atoms with Gasteiger partial charge in [0.2, 0.25) is 0 Å². The van der Waals surface area contributed by atoms with Gasteiger partial charge in [0.05, 0.1) is 0 Å². The monoisotopic (exact) mass is 209 g/mol. The van der Waals surface area contributed by atoms with Crippen LogP contribution in [0.15, 0.2) is 18.2 Å². The molecule has 15 heavy (non-hydrogen) atoms. The van der Waals surface area contributed by atoms with Crippen LogP contribution < -0.4 is 10.5 Å². The van der Waals surface area contributed by atoms with Gasteiger partial charge in [-0.3, -0.25) is 0 Å². The number of hydrogen-bond acceptors (Lipinski definition) is 3. The van der Waals surface area contributed by atoms with Gasteiger partial charge in [0.25, 0.3) is 0 Å². The zero-order valence-electron chi connectivity index (χ0n) is 9.58. The molecule has 1 unspecified atom stereocenters. The Kier molecular flexibility index (Phi) is 3.72. The molecule has 0 amide bonds. The predicted octanol–water partition coefficient (Wildman–Crippen LogP) is 1.39. The quantitative estimate of drug-likeness (QED) is 0.788. The first kappa shape index (κ1) is 12.0. The van der Waals surface area contributed by atoms with E-state index in [9.17, 15) is 5.11 Å². The summed E-state index contributed by atoms with van der Waals surface area (Å²) in [5, 5.41) is 9.72. The van der Waals surface area contributed by atoms with E-state index in [0.717, 1.165) is 16.9 Å². The summed E-state index contributed by atoms with van der Waals surface area (Å²) < 4.78 is 5.59. The molecule has 0 radical (unpaired) electrons. The molecular weight excluding hydrogens is 190 g/mol. The molecule has 3 N–H and O–H groups in total. The number of aliphatic hydroxyl groups is 1. The fourth-order valence-corrected chi connectivity index (χ4v) is 1.31. The number of hydrogen-bond donors (Lipinski definition) is 2. The molecule has 0 spiro atoms. The zero-order valence-corrected chi connectivity index (χ0v) is 9.58. The second-order valence-corrected chi connectivity index (χ2v) is 4.21. The summed E-state index contributed by atoms with van der Waals surface area (Å²) in [7, 11) is 0. The van der Waals surface area contributed by atoms with Gasteiger partial charge in [-0.25, -0.2) is 0 Å². The summed E-state index contributed by atoms with van der Waals surface area (Å²) in [6.07, 6.45) is 0. The molecule has 1 atom stereocenters. The van der Waals surface area contributed by atoms with Crippen molar-refractivity contribution in [3.63, 3.8) is 0 Å². The largest absolute Gasteiger partial charge is 0.490 e. The lowest BCUT2D eigenvalue weighted by Crippen LogP contribution is -2.40. The first-order valence-electron chi connectivity index (χ1n) is 5.08. The molecule has 3 nitrogen and oxygen atoms in total. The van der Waals surface area contributed by atoms with Crippen LogP contribution in [0.1, 0.15) is 18.1 Å². The zero-order chi connectivity index (χ0) is 11.5. The van der Waals surface area contributed by atoms with E-state index in [0.29, 0.717) is 0 Å². The van der Waals surface area contributed by atoms with E-state index >= 15 is 0 Å². The highest BCUT2D eigenvalue weighted by Gasteiger charge is 2.19. The molecule has 1 rings (SSSR count). The van der Waals surface area contributed by atoms with Crippen LogP contribution in [0.4, 0.5) is 0 Å². The minimum atomic E-state index is -0.964. The van der Waals surface area contributed by atoms with E-state index < -0.39 is 5.60 Å². The lowest BCUT2D eigenvalue weighted by atomic mass is 10.1. The number of ether oxygens (including phenoxy) is 1. The fraction of sp³-hybridized carbons (Fsp3) is 0.500. The molecule has 0 bridgehead atoms. The fourth-order valence-electron chi connectivity index (χ4n) is 1.31. The normalized spacial score (nSPS) is 14.7. The molecule has 3 heteroatoms. The van der Waals surface area contributed by atoms with Gasteiger partial charge in [0.15, 0.2) is 0 Å². The standard InChI is InChI=1S/C12H19NO2/c1-9-5-4-6-10(2)11(9)15-8-12(3,14)7-13/h4-6,14H,7-8,13H2,1-3H3. The summed E-state index contributed by atoms with van der Waals surface area (Å²) >= 11 is 0. The molecule has 0 heterocycles. The summed E-state index contributed by atoms with van der Waals surface area (Å²) in [4.78, 5) is 0. The molecule has 0 aliphatic carbocycles. The number of para-hydroxylation sites is 1. The summed E-state index contributed by atoms with van der Waals surface area (Å²) in [6, 6.07) is 5.96. The van der Waals surface area contributed by atoms with Crippen molar-refractivity contribution in [2.45, 2.75) is 26.4 Å². The Balaban J connectivity index is 2.73. The van der Waals surface area contributed by atoms with Crippen molar-refractivity contribution >= 4 is 0 Å². The molecule has 0 fully saturated rings. The summed E-state index contributed by atoms with van der Waals surface area (Å²) in [6.45, 7) is 6.05. The van der Waals surface area contributed by atoms with Gasteiger partial charge in [0.1, 0.15) is 18.0 Å². The van der Waals surface area contributed by atoms with Gasteiger partial charge in [0, 0.05) is 6.54 Å². The van der Waals surface area contributed by atoms with Crippen LogP contribution in [0.5, 0.6) is 5.75 Å². The van der Waals surface area contributed by atoms with Crippen LogP contribution >= 0.6 is 0 Å². The third-order valence-electron chi connectivity index (χ3n) is 2.38. The van der Waals surface area contributed by atoms with Gasteiger partial charge in [-0.1, -0.05) is 18.2 Å². The van der Waals surface area contributed by atoms with Crippen LogP contribution in [0.3, 0.4) is 0 Å². The molecule has 0 aromatic heterocycles. The highest BCUT2D eigenvalue weighted by atomic mass is 16.5. The van der Waals surface area contributed by atoms with Gasteiger partial charge in [-0.2, -0.15) is 0 Å². The maximum absolute atomic E-state index is 9.72. The number of aryl methyl sites for hydroxylation is 2. The highest BCUT2D eigenvalue weighted by molar-refractivity contribution is 5.39. The average molecular weight is 209 g/mol. The van der Waals surface area contributed by atoms with Crippen molar-refractivity contribution in [1.29, 1.82) is 0 Å². The first-order valence-corrected chi connectivity index (χ1v) is 5.08. The van der Waals surface area contributed by atoms with Crippen molar-refractivity contribution in [3.05, 3.63) is 29.3 Å². The average Bonchev–Trinajstić information content (AvgIpc) is 2.17. The maximum Gasteiger partial charge on any atom is 0.125 e. The second kappa shape index (κ2) is 4.64. The van der Waals surface area contributed by atoms with E-state index in [2.05, 4.69) is 0 Å². The Morgan fingerprint density at radius 2 is 1.87 bits per heavy atom. The van der Waals surface area contributed by atoms with Crippen molar-refractivity contribution < 1.29 is 9.84 Å². The van der Waals surface area contributed by atoms with Crippen LogP contribution in [0, 0.1) is 13.8 Å². The highest BCUT2D eigenvalue weighted by Crippen LogP contribution is 2.23. The molecule has 0 saturated carbocycles. The summed E-state index contributed by atoms with van der Waals surface area (Å²) in [5.74, 6) is 0.839. The van der Waals surface area contributed by atoms with E-state index in [1.165, 1.54) is 0 Å². The third kappa shape index (κ3) is 3.22. The number of nitrogens with two attached hydrogens (primary N) is 1. The first-order chi connectivity index (χ1) is 6.96. The van der Waals surface area contributed by atoms with Crippen molar-refractivity contribution in [2.75, 3.05) is 13.2 Å². The lowest BCUT2D eigenvalue weighted by molar-refractivity contribution is 0.0191. The number of rotatable bonds is 4. The van der Waals surface area contributed by atoms with E-state index in [-0.39, 0.29) is 13.2 Å². The SMILES string of the molecule is Cc1cccc(C)c1OCC(C)(O)CN. The minimum Gasteiger partial charge on any atom is -0.490 e. The van der Waals surface area contributed by atoms with Gasteiger partial charge < -0.3 is 15.6 Å². The lowest BCUT2D eigenvalue weighted by Gasteiger charge is -2.22. The van der Waals surface area contributed by atoms with E-state index in [1.54, 1.807) is 6.92 Å². The Hall–Kier alpha value is -1.06. The summed E-state index contributed by atoms with van der Waals surface area (Å²) in [5.41, 5.74) is 6.60. The van der Waals surface area contributed by atoms with Crippen LogP contribution in [0.25, 0.3) is 0 Å². The van der Waals surface area contributed by atoms with Crippen LogP contribution in [0.2, 0.25) is 0 Å². The van der Waals surface area contributed by atoms with Crippen molar-refractivity contribution in [3.8, 4) is 5.75 Å². The van der Waals surface area contributed by atoms with Crippen molar-refractivity contribution in [2.24, 2.45) is 5.73 Å². The molecule has 0 saturated heterocycles. The molecule has 84 valence electrons. The molecular formula is C12H19NO2. The van der Waals surface area contributed by atoms with Crippen LogP contribution in [-0.2, 0) is 0 Å². The third-order valence-corrected chi connectivity index (χ3v) is 2.38. The van der Waals surface area contributed by atoms with Gasteiger partial charge in [-0.05, 0) is 31.9 Å². The van der Waals surface area contributed by atoms with E-state index in [4.69, 9.17) is 10.5 Å². The minimum absolute atomic E-state index is 0.192. The maximum atomic E-state index is 9.72. The molecule has 1 aromatic carbocycles. The second-order valence-electron chi connectivity index (χ2n) is 4.21. The van der Waals surface area contributed by atoms with Gasteiger partial charge in [-0.15, -0.1) is 0 Å². The predicted molar refractivity (Wildman–Crippen MR) is 61.1 cm³/mol. The smallest absolute Gasteiger partial charge is 0.125 e. The van der Waals surface area contributed by atoms with Crippen LogP contribution in [-0.4, -0.2) is 23.9 Å². The topological polar surface area (TPSA) is 55.5 Å². The Morgan fingerprint density at radius 3 is 2.33 bits per heavy atom. The molecule has 1 aromatic rings. The Labute approximate surface area is 90.9 Å². The molecule has 0 aliphatic rings. The number of benzene rings is 1. The van der Waals surface area contributed by atoms with Crippen molar-refractivity contribution in [1.82, 2.24) is 0 Å². The van der Waals surface area contributed by atoms with Gasteiger partial charge >= 0.3 is 0 Å². The Bertz CT molecular complexity index is 314. The van der Waals surface area contributed by atoms with E-state index in [1.807, 2.05) is 32.0 Å².